The lowest BCUT2D eigenvalue weighted by Gasteiger charge is -2.26. The molecule has 1 N–H and O–H groups in total. The molecule has 0 amide bonds. The summed E-state index contributed by atoms with van der Waals surface area (Å²) in [6.45, 7) is 4.70. The molecule has 1 aliphatic rings. The molecular formula is C29H27ClN6O4S. The Balaban J connectivity index is 1.41. The van der Waals surface area contributed by atoms with E-state index in [0.717, 1.165) is 18.0 Å². The zero-order chi connectivity index (χ0) is 28.2. The van der Waals surface area contributed by atoms with E-state index in [1.807, 2.05) is 30.3 Å². The molecule has 0 bridgehead atoms. The highest BCUT2D eigenvalue weighted by atomic mass is 35.5. The van der Waals surface area contributed by atoms with Crippen LogP contribution in [-0.2, 0) is 17.8 Å². The Hall–Kier alpha value is -4.03. The van der Waals surface area contributed by atoms with Gasteiger partial charge in [0.2, 0.25) is 0 Å². The third-order valence-corrected chi connectivity index (χ3v) is 8.04. The zero-order valence-corrected chi connectivity index (χ0v) is 23.6. The molecule has 0 aliphatic carbocycles. The molecule has 0 spiro atoms. The highest BCUT2D eigenvalue weighted by Gasteiger charge is 2.22. The standard InChI is InChI=1S/C29H27ClN6O4S/c30-26-7-6-20(41-26)18-32-27-17-24(33-36(27)29(38)25-5-3-13-40-25)22-19-35(10-9-34-11-14-39-15-12-34)28(37)16-21(22)23-4-1-2-8-31-23/h1-8,13,16-17,19,32H,9-12,14-15,18H2. The molecule has 12 heteroatoms. The van der Waals surface area contributed by atoms with Crippen molar-refractivity contribution in [1.82, 2.24) is 24.2 Å². The maximum absolute atomic E-state index is 13.4. The Morgan fingerprint density at radius 3 is 2.63 bits per heavy atom. The Bertz CT molecular complexity index is 1690. The summed E-state index contributed by atoms with van der Waals surface area (Å²) in [7, 11) is 0. The van der Waals surface area contributed by atoms with Gasteiger partial charge in [0, 0.05) is 66.7 Å². The van der Waals surface area contributed by atoms with Crippen molar-refractivity contribution < 1.29 is 13.9 Å². The van der Waals surface area contributed by atoms with E-state index in [-0.39, 0.29) is 11.3 Å². The molecule has 6 rings (SSSR count). The lowest BCUT2D eigenvalue weighted by molar-refractivity contribution is 0.0363. The second kappa shape index (κ2) is 12.2. The van der Waals surface area contributed by atoms with E-state index in [0.29, 0.717) is 65.5 Å². The molecule has 0 radical (unpaired) electrons. The molecule has 1 fully saturated rings. The van der Waals surface area contributed by atoms with Crippen molar-refractivity contribution >= 4 is 34.7 Å². The Labute approximate surface area is 244 Å². The summed E-state index contributed by atoms with van der Waals surface area (Å²) in [4.78, 5) is 34.4. The summed E-state index contributed by atoms with van der Waals surface area (Å²) in [5.74, 6) is 0.208. The molecule has 5 aromatic heterocycles. The first-order valence-electron chi connectivity index (χ1n) is 13.2. The number of anilines is 1. The second-order valence-corrected chi connectivity index (χ2v) is 11.3. The normalized spacial score (nSPS) is 13.9. The number of hydrogen-bond donors (Lipinski definition) is 1. The van der Waals surface area contributed by atoms with Gasteiger partial charge in [-0.1, -0.05) is 17.7 Å². The lowest BCUT2D eigenvalue weighted by Crippen LogP contribution is -2.39. The molecule has 210 valence electrons. The number of ether oxygens (including phenoxy) is 1. The number of halogens is 1. The van der Waals surface area contributed by atoms with Gasteiger partial charge in [-0.2, -0.15) is 9.78 Å². The van der Waals surface area contributed by atoms with Crippen LogP contribution < -0.4 is 10.9 Å². The predicted octanol–water partition coefficient (Wildman–Crippen LogP) is 4.71. The summed E-state index contributed by atoms with van der Waals surface area (Å²) >= 11 is 7.57. The van der Waals surface area contributed by atoms with Crippen LogP contribution in [0.1, 0.15) is 15.4 Å². The summed E-state index contributed by atoms with van der Waals surface area (Å²) < 4.78 is 14.5. The van der Waals surface area contributed by atoms with Gasteiger partial charge < -0.3 is 19.0 Å². The number of carbonyl (C=O) groups excluding carboxylic acids is 1. The summed E-state index contributed by atoms with van der Waals surface area (Å²) in [5.41, 5.74) is 2.32. The van der Waals surface area contributed by atoms with Gasteiger partial charge in [0.25, 0.3) is 5.56 Å². The number of furan rings is 1. The number of morpholine rings is 1. The van der Waals surface area contributed by atoms with Crippen LogP contribution >= 0.6 is 22.9 Å². The van der Waals surface area contributed by atoms with Crippen molar-refractivity contribution in [2.24, 2.45) is 0 Å². The third kappa shape index (κ3) is 6.18. The number of nitrogens with zero attached hydrogens (tertiary/aromatic N) is 5. The predicted molar refractivity (Wildman–Crippen MR) is 158 cm³/mol. The first-order valence-corrected chi connectivity index (χ1v) is 14.4. The number of pyridine rings is 2. The van der Waals surface area contributed by atoms with E-state index in [4.69, 9.17) is 25.9 Å². The van der Waals surface area contributed by atoms with Gasteiger partial charge in [-0.15, -0.1) is 11.3 Å². The minimum atomic E-state index is -0.423. The van der Waals surface area contributed by atoms with Gasteiger partial charge in [0.1, 0.15) is 5.82 Å². The molecule has 0 atom stereocenters. The maximum atomic E-state index is 13.4. The van der Waals surface area contributed by atoms with Crippen molar-refractivity contribution in [3.63, 3.8) is 0 Å². The number of carbonyl (C=O) groups is 1. The van der Waals surface area contributed by atoms with Crippen molar-refractivity contribution in [3.8, 4) is 22.5 Å². The van der Waals surface area contributed by atoms with Crippen LogP contribution in [0.15, 0.2) is 82.5 Å². The van der Waals surface area contributed by atoms with E-state index in [9.17, 15) is 9.59 Å². The quantitative estimate of drug-likeness (QED) is 0.263. The van der Waals surface area contributed by atoms with E-state index in [1.54, 1.807) is 41.2 Å². The van der Waals surface area contributed by atoms with Crippen molar-refractivity contribution in [3.05, 3.63) is 98.6 Å². The molecule has 41 heavy (non-hydrogen) atoms. The Kier molecular flexibility index (Phi) is 8.10. The molecule has 1 saturated heterocycles. The van der Waals surface area contributed by atoms with E-state index in [2.05, 4.69) is 15.2 Å². The molecule has 0 unspecified atom stereocenters. The van der Waals surface area contributed by atoms with Crippen LogP contribution in [-0.4, -0.2) is 63.0 Å². The van der Waals surface area contributed by atoms with Crippen LogP contribution in [0.25, 0.3) is 22.5 Å². The summed E-state index contributed by atoms with van der Waals surface area (Å²) in [6.07, 6.45) is 4.93. The monoisotopic (exact) mass is 590 g/mol. The van der Waals surface area contributed by atoms with Crippen LogP contribution in [0.2, 0.25) is 4.34 Å². The minimum Gasteiger partial charge on any atom is -0.459 e. The van der Waals surface area contributed by atoms with Crippen molar-refractivity contribution in [2.75, 3.05) is 38.2 Å². The van der Waals surface area contributed by atoms with Gasteiger partial charge in [-0.3, -0.25) is 19.5 Å². The fourth-order valence-electron chi connectivity index (χ4n) is 4.68. The van der Waals surface area contributed by atoms with E-state index in [1.165, 1.54) is 22.3 Å². The summed E-state index contributed by atoms with van der Waals surface area (Å²) in [6, 6.07) is 15.9. The van der Waals surface area contributed by atoms with Gasteiger partial charge in [0.05, 0.1) is 41.7 Å². The van der Waals surface area contributed by atoms with Gasteiger partial charge >= 0.3 is 5.91 Å². The highest BCUT2D eigenvalue weighted by Crippen LogP contribution is 2.31. The van der Waals surface area contributed by atoms with Crippen LogP contribution in [0.4, 0.5) is 5.82 Å². The number of hydrogen-bond acceptors (Lipinski definition) is 9. The highest BCUT2D eigenvalue weighted by molar-refractivity contribution is 7.16. The molecule has 6 heterocycles. The SMILES string of the molecule is O=C(c1ccco1)n1nc(-c2cn(CCN3CCOCC3)c(=O)cc2-c2ccccn2)cc1NCc1ccc(Cl)s1. The topological polar surface area (TPSA) is 107 Å². The Morgan fingerprint density at radius 2 is 1.90 bits per heavy atom. The summed E-state index contributed by atoms with van der Waals surface area (Å²) in [5, 5.41) is 8.03. The maximum Gasteiger partial charge on any atom is 0.315 e. The second-order valence-electron chi connectivity index (χ2n) is 9.47. The fraction of sp³-hybridized carbons (Fsp3) is 0.241. The molecule has 0 aromatic carbocycles. The van der Waals surface area contributed by atoms with Crippen molar-refractivity contribution in [2.45, 2.75) is 13.1 Å². The van der Waals surface area contributed by atoms with E-state index < -0.39 is 5.91 Å². The average molecular weight is 591 g/mol. The third-order valence-electron chi connectivity index (χ3n) is 6.81. The van der Waals surface area contributed by atoms with E-state index >= 15 is 0 Å². The van der Waals surface area contributed by atoms with Crippen LogP contribution in [0.5, 0.6) is 0 Å². The fourth-order valence-corrected chi connectivity index (χ4v) is 5.71. The number of aromatic nitrogens is 4. The van der Waals surface area contributed by atoms with Crippen LogP contribution in [0, 0.1) is 0 Å². The molecule has 1 aliphatic heterocycles. The molecular weight excluding hydrogens is 564 g/mol. The Morgan fingerprint density at radius 1 is 1.02 bits per heavy atom. The number of thiophene rings is 1. The minimum absolute atomic E-state index is 0.137. The smallest absolute Gasteiger partial charge is 0.315 e. The lowest BCUT2D eigenvalue weighted by atomic mass is 10.0. The average Bonchev–Trinajstić information content (AvgIpc) is 3.78. The molecule has 5 aromatic rings. The first kappa shape index (κ1) is 27.2. The van der Waals surface area contributed by atoms with Crippen molar-refractivity contribution in [1.29, 1.82) is 0 Å². The molecule has 10 nitrogen and oxygen atoms in total. The van der Waals surface area contributed by atoms with Gasteiger partial charge in [0.15, 0.2) is 5.76 Å². The van der Waals surface area contributed by atoms with Gasteiger partial charge in [-0.25, -0.2) is 0 Å². The first-order chi connectivity index (χ1) is 20.0. The zero-order valence-electron chi connectivity index (χ0n) is 22.0. The number of rotatable bonds is 9. The van der Waals surface area contributed by atoms with Gasteiger partial charge in [-0.05, 0) is 36.4 Å². The number of nitrogens with one attached hydrogen (secondary N) is 1. The largest absolute Gasteiger partial charge is 0.459 e. The van der Waals surface area contributed by atoms with Crippen LogP contribution in [0.3, 0.4) is 0 Å². The molecule has 0 saturated carbocycles.